The molecule has 2 aromatic heterocycles. The Morgan fingerprint density at radius 3 is 2.38 bits per heavy atom. The highest BCUT2D eigenvalue weighted by atomic mass is 16.5. The van der Waals surface area contributed by atoms with Crippen molar-refractivity contribution in [2.75, 3.05) is 16.8 Å². The zero-order chi connectivity index (χ0) is 25.6. The molecule has 0 aliphatic carbocycles. The minimum atomic E-state index is -0.0757. The number of nitrogens with one attached hydrogen (secondary N) is 1. The molecule has 5 N–H and O–H groups in total. The summed E-state index contributed by atoms with van der Waals surface area (Å²) < 4.78 is 7.72. The lowest BCUT2D eigenvalue weighted by molar-refractivity contribution is -0.116. The predicted octanol–water partition coefficient (Wildman–Crippen LogP) is 5.26. The predicted molar refractivity (Wildman–Crippen MR) is 145 cm³/mol. The average molecular weight is 494 g/mol. The van der Waals surface area contributed by atoms with E-state index >= 15 is 0 Å². The molecule has 0 radical (unpaired) electrons. The van der Waals surface area contributed by atoms with Gasteiger partial charge in [0, 0.05) is 18.5 Å². The van der Waals surface area contributed by atoms with E-state index in [2.05, 4.69) is 15.3 Å². The van der Waals surface area contributed by atoms with Crippen molar-refractivity contribution in [3.8, 4) is 22.8 Å². The van der Waals surface area contributed by atoms with Crippen LogP contribution in [0.15, 0.2) is 85.2 Å². The standard InChI is InChI=1S/C28H27N7O2/c29-22-10-4-5-11-23(22)33-24(36)12-6-7-17-35-28-25(27(30)31-18-32-28)26(34-35)19-13-15-21(16-14-19)37-20-8-2-1-3-9-20/h1-5,8-11,13-16,18H,6-7,12,17,29H2,(H,33,36)(H2,30,31,32). The fraction of sp³-hybridized carbons (Fsp3) is 0.143. The number of unbranched alkanes of at least 4 members (excludes halogenated alkanes) is 1. The van der Waals surface area contributed by atoms with E-state index < -0.39 is 0 Å². The highest BCUT2D eigenvalue weighted by Crippen LogP contribution is 2.32. The maximum atomic E-state index is 12.3. The smallest absolute Gasteiger partial charge is 0.224 e. The molecule has 0 saturated heterocycles. The Balaban J connectivity index is 1.27. The normalized spacial score (nSPS) is 10.9. The number of fused-ring (bicyclic) bond motifs is 1. The van der Waals surface area contributed by atoms with E-state index in [4.69, 9.17) is 21.3 Å². The van der Waals surface area contributed by atoms with Gasteiger partial charge < -0.3 is 21.5 Å². The van der Waals surface area contributed by atoms with Crippen molar-refractivity contribution in [2.45, 2.75) is 25.8 Å². The Morgan fingerprint density at radius 1 is 0.865 bits per heavy atom. The number of carbonyl (C=O) groups excluding carboxylic acids is 1. The van der Waals surface area contributed by atoms with Gasteiger partial charge in [0.25, 0.3) is 0 Å². The van der Waals surface area contributed by atoms with Crippen LogP contribution in [0.2, 0.25) is 0 Å². The largest absolute Gasteiger partial charge is 0.457 e. The fourth-order valence-corrected chi connectivity index (χ4v) is 4.06. The molecule has 0 saturated carbocycles. The number of amides is 1. The lowest BCUT2D eigenvalue weighted by Gasteiger charge is -2.08. The van der Waals surface area contributed by atoms with Crippen molar-refractivity contribution in [1.29, 1.82) is 0 Å². The first kappa shape index (κ1) is 23.8. The summed E-state index contributed by atoms with van der Waals surface area (Å²) in [7, 11) is 0. The molecular formula is C28H27N7O2. The zero-order valence-corrected chi connectivity index (χ0v) is 20.2. The minimum absolute atomic E-state index is 0.0757. The summed E-state index contributed by atoms with van der Waals surface area (Å²) in [6, 6.07) is 24.5. The second-order valence-electron chi connectivity index (χ2n) is 8.56. The number of aromatic nitrogens is 4. The van der Waals surface area contributed by atoms with Crippen LogP contribution >= 0.6 is 0 Å². The second kappa shape index (κ2) is 10.8. The number of nitrogens with two attached hydrogens (primary N) is 2. The van der Waals surface area contributed by atoms with Crippen molar-refractivity contribution in [3.63, 3.8) is 0 Å². The van der Waals surface area contributed by atoms with Crippen molar-refractivity contribution in [3.05, 3.63) is 85.2 Å². The summed E-state index contributed by atoms with van der Waals surface area (Å²) in [6.45, 7) is 0.586. The summed E-state index contributed by atoms with van der Waals surface area (Å²) in [5, 5.41) is 8.37. The number of para-hydroxylation sites is 3. The highest BCUT2D eigenvalue weighted by molar-refractivity contribution is 5.98. The van der Waals surface area contributed by atoms with E-state index in [0.29, 0.717) is 53.3 Å². The first-order valence-electron chi connectivity index (χ1n) is 12.0. The number of nitrogen functional groups attached to an aromatic ring is 2. The van der Waals surface area contributed by atoms with Gasteiger partial charge >= 0.3 is 0 Å². The Hall–Kier alpha value is -4.92. The third-order valence-electron chi connectivity index (χ3n) is 5.92. The topological polar surface area (TPSA) is 134 Å². The van der Waals surface area contributed by atoms with Crippen LogP contribution in [0, 0.1) is 0 Å². The van der Waals surface area contributed by atoms with Crippen LogP contribution in [-0.2, 0) is 11.3 Å². The molecule has 0 atom stereocenters. The van der Waals surface area contributed by atoms with Gasteiger partial charge in [-0.15, -0.1) is 0 Å². The van der Waals surface area contributed by atoms with Gasteiger partial charge in [-0.3, -0.25) is 4.79 Å². The van der Waals surface area contributed by atoms with E-state index in [1.807, 2.05) is 71.4 Å². The Bertz CT molecular complexity index is 1520. The van der Waals surface area contributed by atoms with E-state index in [0.717, 1.165) is 23.5 Å². The first-order valence-corrected chi connectivity index (χ1v) is 12.0. The van der Waals surface area contributed by atoms with Crippen LogP contribution in [0.1, 0.15) is 19.3 Å². The van der Waals surface area contributed by atoms with Gasteiger partial charge in [-0.2, -0.15) is 5.10 Å². The molecule has 0 aliphatic rings. The highest BCUT2D eigenvalue weighted by Gasteiger charge is 2.17. The summed E-state index contributed by atoms with van der Waals surface area (Å²) >= 11 is 0. The van der Waals surface area contributed by atoms with Crippen LogP contribution in [-0.4, -0.2) is 25.7 Å². The number of carbonyl (C=O) groups is 1. The lowest BCUT2D eigenvalue weighted by atomic mass is 10.1. The maximum Gasteiger partial charge on any atom is 0.224 e. The maximum absolute atomic E-state index is 12.3. The molecule has 0 aliphatic heterocycles. The third-order valence-corrected chi connectivity index (χ3v) is 5.92. The molecule has 9 nitrogen and oxygen atoms in total. The molecule has 3 aromatic carbocycles. The molecule has 1 amide bonds. The quantitative estimate of drug-likeness (QED) is 0.188. The molecule has 9 heteroatoms. The number of nitrogens with zero attached hydrogens (tertiary/aromatic N) is 4. The average Bonchev–Trinajstić information content (AvgIpc) is 3.29. The van der Waals surface area contributed by atoms with Gasteiger partial charge in [0.2, 0.25) is 5.91 Å². The Morgan fingerprint density at radius 2 is 1.59 bits per heavy atom. The molecule has 0 spiro atoms. The monoisotopic (exact) mass is 493 g/mol. The van der Waals surface area contributed by atoms with E-state index in [1.165, 1.54) is 6.33 Å². The molecule has 37 heavy (non-hydrogen) atoms. The van der Waals surface area contributed by atoms with Gasteiger partial charge in [-0.05, 0) is 61.4 Å². The second-order valence-corrected chi connectivity index (χ2v) is 8.56. The number of hydrogen-bond acceptors (Lipinski definition) is 7. The van der Waals surface area contributed by atoms with Gasteiger partial charge in [0.15, 0.2) is 5.65 Å². The van der Waals surface area contributed by atoms with Crippen molar-refractivity contribution < 1.29 is 9.53 Å². The Labute approximate surface area is 214 Å². The van der Waals surface area contributed by atoms with Crippen LogP contribution < -0.4 is 21.5 Å². The number of hydrogen-bond donors (Lipinski definition) is 3. The lowest BCUT2D eigenvalue weighted by Crippen LogP contribution is -2.13. The van der Waals surface area contributed by atoms with Crippen molar-refractivity contribution in [1.82, 2.24) is 19.7 Å². The summed E-state index contributed by atoms with van der Waals surface area (Å²) in [5.41, 5.74) is 15.5. The SMILES string of the molecule is Nc1ccccc1NC(=O)CCCCn1nc(-c2ccc(Oc3ccccc3)cc2)c2c(N)ncnc21. The van der Waals surface area contributed by atoms with Crippen molar-refractivity contribution in [2.24, 2.45) is 0 Å². The number of aryl methyl sites for hydroxylation is 1. The third kappa shape index (κ3) is 5.51. The van der Waals surface area contributed by atoms with Crippen LogP contribution in [0.3, 0.4) is 0 Å². The van der Waals surface area contributed by atoms with Gasteiger partial charge in [-0.25, -0.2) is 14.6 Å². The van der Waals surface area contributed by atoms with Gasteiger partial charge in [0.1, 0.15) is 29.3 Å². The van der Waals surface area contributed by atoms with Gasteiger partial charge in [0.05, 0.1) is 16.8 Å². The zero-order valence-electron chi connectivity index (χ0n) is 20.2. The minimum Gasteiger partial charge on any atom is -0.457 e. The van der Waals surface area contributed by atoms with E-state index in [1.54, 1.807) is 12.1 Å². The van der Waals surface area contributed by atoms with Gasteiger partial charge in [-0.1, -0.05) is 30.3 Å². The number of ether oxygens (including phenoxy) is 1. The van der Waals surface area contributed by atoms with Crippen LogP contribution in [0.5, 0.6) is 11.5 Å². The number of rotatable bonds is 9. The summed E-state index contributed by atoms with van der Waals surface area (Å²) in [6.07, 6.45) is 3.23. The molecule has 5 rings (SSSR count). The molecular weight excluding hydrogens is 466 g/mol. The van der Waals surface area contributed by atoms with Crippen LogP contribution in [0.25, 0.3) is 22.3 Å². The van der Waals surface area contributed by atoms with Crippen molar-refractivity contribution >= 4 is 34.1 Å². The van der Waals surface area contributed by atoms with E-state index in [9.17, 15) is 4.79 Å². The summed E-state index contributed by atoms with van der Waals surface area (Å²) in [4.78, 5) is 20.9. The first-order chi connectivity index (χ1) is 18.1. The fourth-order valence-electron chi connectivity index (χ4n) is 4.06. The van der Waals surface area contributed by atoms with Crippen LogP contribution in [0.4, 0.5) is 17.2 Å². The number of anilines is 3. The molecule has 186 valence electrons. The number of benzene rings is 3. The molecule has 2 heterocycles. The molecule has 0 unspecified atom stereocenters. The Kier molecular flexibility index (Phi) is 6.93. The van der Waals surface area contributed by atoms with E-state index in [-0.39, 0.29) is 5.91 Å². The molecule has 5 aromatic rings. The molecule has 0 bridgehead atoms. The summed E-state index contributed by atoms with van der Waals surface area (Å²) in [5.74, 6) is 1.78. The molecule has 0 fully saturated rings.